The predicted octanol–water partition coefficient (Wildman–Crippen LogP) is 6.72. The van der Waals surface area contributed by atoms with Crippen LogP contribution in [0.4, 0.5) is 22.0 Å². The maximum atomic E-state index is 14.8. The molecule has 3 aliphatic rings. The Morgan fingerprint density at radius 3 is 2.18 bits per heavy atom. The fourth-order valence-electron chi connectivity index (χ4n) is 11.1. The molecule has 3 aliphatic heterocycles. The van der Waals surface area contributed by atoms with Crippen molar-refractivity contribution in [1.82, 2.24) is 14.9 Å². The molecule has 3 heterocycles. The maximum absolute atomic E-state index is 14.8. The van der Waals surface area contributed by atoms with E-state index in [4.69, 9.17) is 44.8 Å². The molecule has 18 atom stereocenters. The topological polar surface area (TPSA) is 224 Å². The molecular weight excluding hydrogens is 1070 g/mol. The van der Waals surface area contributed by atoms with Gasteiger partial charge in [0.25, 0.3) is 0 Å². The number of esters is 1. The molecule has 2 aromatic rings. The van der Waals surface area contributed by atoms with Crippen molar-refractivity contribution in [3.8, 4) is 5.75 Å². The van der Waals surface area contributed by atoms with Gasteiger partial charge in [-0.3, -0.25) is 4.79 Å². The number of cyclic esters (lactones) is 1. The number of ether oxygens (including phenoxy) is 7. The van der Waals surface area contributed by atoms with E-state index in [1.54, 1.807) is 48.5 Å². The lowest BCUT2D eigenvalue weighted by Gasteiger charge is -2.53. The number of hydrogen-bond donors (Lipinski definition) is 6. The smallest absolute Gasteiger partial charge is 0.419 e. The molecular formula is C53H81ClF5N3O14S. The number of alkyl halides is 3. The quantitative estimate of drug-likeness (QED) is 0.0618. The second-order valence-electron chi connectivity index (χ2n) is 22.1. The highest BCUT2D eigenvalue weighted by atomic mass is 35.5. The number of aliphatic hydroxyl groups excluding tert-OH is 1. The van der Waals surface area contributed by atoms with Gasteiger partial charge in [0, 0.05) is 39.1 Å². The molecule has 0 bridgehead atoms. The van der Waals surface area contributed by atoms with Crippen LogP contribution in [0.2, 0.25) is 5.02 Å². The van der Waals surface area contributed by atoms with Gasteiger partial charge in [0.2, 0.25) is 10.0 Å². The van der Waals surface area contributed by atoms with Crippen molar-refractivity contribution in [3.63, 3.8) is 0 Å². The second kappa shape index (κ2) is 25.5. The molecule has 3 fully saturated rings. The number of nitrogens with one attached hydrogen (secondary N) is 2. The highest BCUT2D eigenvalue weighted by Crippen LogP contribution is 2.44. The summed E-state index contributed by atoms with van der Waals surface area (Å²) >= 11 is 6.04. The van der Waals surface area contributed by atoms with Crippen LogP contribution in [-0.2, 0) is 49.4 Å². The minimum Gasteiger partial charge on any atom is -0.483 e. The zero-order valence-corrected chi connectivity index (χ0v) is 47.8. The van der Waals surface area contributed by atoms with Crippen molar-refractivity contribution >= 4 is 27.6 Å². The molecule has 17 nitrogen and oxygen atoms in total. The van der Waals surface area contributed by atoms with E-state index in [-0.39, 0.29) is 38.8 Å². The van der Waals surface area contributed by atoms with Crippen molar-refractivity contribution in [2.75, 3.05) is 33.8 Å². The van der Waals surface area contributed by atoms with E-state index in [0.717, 1.165) is 35.0 Å². The molecule has 0 unspecified atom stereocenters. The van der Waals surface area contributed by atoms with Crippen LogP contribution < -0.4 is 15.4 Å². The average Bonchev–Trinajstić information content (AvgIpc) is 3.35. The molecule has 0 saturated carbocycles. The SMILES string of the molecule is CCCNC[C@]1(O)[C@H](C)O[C@@H](O[C@H]2[C@H](C)[C@@H](O[C@@H]3O[C@H](C)C[C@H](N(C)S(=O)(=O)c4ccc(F)c(Cl)c4)[C@H]3Oc3ccc(F)c(C(F)(F)F)c3)[C@](C)(O)C[C@@H](C)CN[C@H](C)[C@@H](O)[C@](C)(O)[C@@H](CC)OC(=O)[C@@H]2C)C[C@@]1(C)OC. The Labute approximate surface area is 454 Å². The summed E-state index contributed by atoms with van der Waals surface area (Å²) in [7, 11) is -2.05. The highest BCUT2D eigenvalue weighted by Gasteiger charge is 2.59. The summed E-state index contributed by atoms with van der Waals surface area (Å²) in [5, 5.41) is 54.6. The lowest BCUT2D eigenvalue weighted by atomic mass is 9.75. The second-order valence-corrected chi connectivity index (χ2v) is 24.5. The number of aliphatic hydroxyl groups is 4. The van der Waals surface area contributed by atoms with E-state index >= 15 is 0 Å². The molecule has 0 aromatic heterocycles. The normalized spacial score (nSPS) is 38.4. The van der Waals surface area contributed by atoms with Crippen LogP contribution in [-0.4, -0.2) is 163 Å². The number of halogens is 6. The van der Waals surface area contributed by atoms with Crippen LogP contribution >= 0.6 is 11.6 Å². The van der Waals surface area contributed by atoms with E-state index in [1.165, 1.54) is 34.9 Å². The van der Waals surface area contributed by atoms with E-state index in [2.05, 4.69) is 10.6 Å². The van der Waals surface area contributed by atoms with Gasteiger partial charge in [-0.2, -0.15) is 17.5 Å². The zero-order valence-electron chi connectivity index (χ0n) is 46.2. The number of carbonyl (C=O) groups is 1. The Hall–Kier alpha value is -2.88. The van der Waals surface area contributed by atoms with E-state index in [1.807, 2.05) is 6.92 Å². The summed E-state index contributed by atoms with van der Waals surface area (Å²) < 4.78 is 147. The zero-order chi connectivity index (χ0) is 58.0. The molecule has 3 saturated heterocycles. The molecule has 440 valence electrons. The van der Waals surface area contributed by atoms with Gasteiger partial charge < -0.3 is 64.2 Å². The third-order valence-electron chi connectivity index (χ3n) is 15.9. The molecule has 24 heteroatoms. The molecule has 0 aliphatic carbocycles. The maximum Gasteiger partial charge on any atom is 0.419 e. The number of carbonyl (C=O) groups excluding carboxylic acids is 1. The minimum absolute atomic E-state index is 0.0594. The Morgan fingerprint density at radius 1 is 0.935 bits per heavy atom. The molecule has 77 heavy (non-hydrogen) atoms. The summed E-state index contributed by atoms with van der Waals surface area (Å²) in [6.45, 7) is 18.7. The molecule has 6 N–H and O–H groups in total. The van der Waals surface area contributed by atoms with Crippen molar-refractivity contribution in [2.24, 2.45) is 17.8 Å². The summed E-state index contributed by atoms with van der Waals surface area (Å²) in [6.07, 6.45) is -17.1. The lowest BCUT2D eigenvalue weighted by molar-refractivity contribution is -0.335. The van der Waals surface area contributed by atoms with Crippen molar-refractivity contribution in [1.29, 1.82) is 0 Å². The minimum atomic E-state index is -5.19. The van der Waals surface area contributed by atoms with Gasteiger partial charge in [-0.1, -0.05) is 39.3 Å². The monoisotopic (exact) mass is 1150 g/mol. The first kappa shape index (κ1) is 64.9. The van der Waals surface area contributed by atoms with Crippen LogP contribution in [0, 0.1) is 29.4 Å². The fourth-order valence-corrected chi connectivity index (χ4v) is 12.7. The van der Waals surface area contributed by atoms with Crippen LogP contribution in [0.1, 0.15) is 114 Å². The lowest BCUT2D eigenvalue weighted by Crippen LogP contribution is -2.70. The standard InChI is InChI=1S/C53H81ClF5N3O14S/c1-14-20-60-27-52(67)33(8)72-42(25-50(52,10)70-13)75-43-30(5)46(49(9,65)24-28(3)26-61-32(7)45(63)51(11,66)41(15-2)74-47(64)31(43)6)76-48-44(73-34-16-18-38(55)36(22-34)53(57,58)59)40(21-29(4)71-48)62(12)77(68,69)35-17-19-39(56)37(54)23-35/h16-19,22-23,28-33,40-46,48,60-61,63,65-67H,14-15,20-21,24-27H2,1-13H3/t28-,29-,30+,31-,32-,33+,40+,41-,42+,43+,44-,45-,46-,48+,49-,50-,51-,52+/m1/s1. The van der Waals surface area contributed by atoms with Gasteiger partial charge >= 0.3 is 12.1 Å². The number of rotatable bonds is 15. The molecule has 0 spiro atoms. The first-order valence-corrected chi connectivity index (χ1v) is 28.0. The van der Waals surface area contributed by atoms with Gasteiger partial charge in [-0.15, -0.1) is 0 Å². The van der Waals surface area contributed by atoms with Crippen LogP contribution in [0.25, 0.3) is 0 Å². The van der Waals surface area contributed by atoms with Gasteiger partial charge in [0.15, 0.2) is 18.7 Å². The number of benzene rings is 2. The number of likely N-dealkylation sites (N-methyl/N-ethyl adjacent to an activating group) is 1. The molecule has 0 amide bonds. The van der Waals surface area contributed by atoms with Crippen molar-refractivity contribution < 1.29 is 88.7 Å². The first-order valence-electron chi connectivity index (χ1n) is 26.2. The predicted molar refractivity (Wildman–Crippen MR) is 274 cm³/mol. The van der Waals surface area contributed by atoms with Crippen LogP contribution in [0.15, 0.2) is 41.3 Å². The number of methoxy groups -OCH3 is 1. The molecule has 0 radical (unpaired) electrons. The Kier molecular flexibility index (Phi) is 21.5. The van der Waals surface area contributed by atoms with Crippen molar-refractivity contribution in [3.05, 3.63) is 58.6 Å². The number of sulfonamides is 1. The van der Waals surface area contributed by atoms with Gasteiger partial charge in [-0.25, -0.2) is 17.2 Å². The summed E-state index contributed by atoms with van der Waals surface area (Å²) in [5.41, 5.74) is -8.63. The number of nitrogens with zero attached hydrogens (tertiary/aromatic N) is 1. The summed E-state index contributed by atoms with van der Waals surface area (Å²) in [4.78, 5) is 14.3. The highest BCUT2D eigenvalue weighted by molar-refractivity contribution is 7.89. The van der Waals surface area contributed by atoms with Crippen LogP contribution in [0.5, 0.6) is 5.75 Å². The Balaban J connectivity index is 1.71. The van der Waals surface area contributed by atoms with Crippen molar-refractivity contribution in [2.45, 2.75) is 209 Å². The number of hydrogen-bond acceptors (Lipinski definition) is 16. The van der Waals surface area contributed by atoms with E-state index < -0.39 is 163 Å². The summed E-state index contributed by atoms with van der Waals surface area (Å²) in [5.74, 6) is -6.95. The average molecular weight is 1150 g/mol. The fraction of sp³-hybridized carbons (Fsp3) is 0.755. The third-order valence-corrected chi connectivity index (χ3v) is 18.0. The van der Waals surface area contributed by atoms with Gasteiger partial charge in [-0.05, 0) is 130 Å². The van der Waals surface area contributed by atoms with Crippen LogP contribution in [0.3, 0.4) is 0 Å². The third kappa shape index (κ3) is 14.4. The Bertz CT molecular complexity index is 2410. The molecule has 5 rings (SSSR count). The van der Waals surface area contributed by atoms with Gasteiger partial charge in [0.1, 0.15) is 46.4 Å². The van der Waals surface area contributed by atoms with E-state index in [9.17, 15) is 55.6 Å². The van der Waals surface area contributed by atoms with E-state index in [0.29, 0.717) is 18.7 Å². The first-order chi connectivity index (χ1) is 35.6. The Morgan fingerprint density at radius 2 is 1.58 bits per heavy atom. The summed E-state index contributed by atoms with van der Waals surface area (Å²) in [6, 6.07) is 2.41. The molecule has 2 aromatic carbocycles. The largest absolute Gasteiger partial charge is 0.483 e. The van der Waals surface area contributed by atoms with Gasteiger partial charge in [0.05, 0.1) is 57.5 Å².